The van der Waals surface area contributed by atoms with E-state index in [-0.39, 0.29) is 17.0 Å². The number of ether oxygens (including phenoxy) is 2. The van der Waals surface area contributed by atoms with Crippen LogP contribution in [0.25, 0.3) is 0 Å². The molecule has 1 aromatic rings. The predicted octanol–water partition coefficient (Wildman–Crippen LogP) is 4.46. The molecule has 0 bridgehead atoms. The summed E-state index contributed by atoms with van der Waals surface area (Å²) in [7, 11) is 0. The number of fused-ring (bicyclic) bond motifs is 3. The number of hydrogen-bond donors (Lipinski definition) is 0. The number of ketones is 1. The molecule has 1 saturated carbocycles. The zero-order chi connectivity index (χ0) is 15.4. The van der Waals surface area contributed by atoms with Crippen LogP contribution in [-0.2, 0) is 6.42 Å². The van der Waals surface area contributed by atoms with Crippen molar-refractivity contribution in [1.29, 1.82) is 0 Å². The highest BCUT2D eigenvalue weighted by molar-refractivity contribution is 6.01. The molecule has 4 rings (SSSR count). The van der Waals surface area contributed by atoms with Gasteiger partial charge in [0.05, 0.1) is 12.0 Å². The van der Waals surface area contributed by atoms with E-state index in [2.05, 4.69) is 13.8 Å². The summed E-state index contributed by atoms with van der Waals surface area (Å²) < 4.78 is 12.6. The summed E-state index contributed by atoms with van der Waals surface area (Å²) >= 11 is 0. The van der Waals surface area contributed by atoms with Crippen LogP contribution in [0, 0.1) is 0 Å². The zero-order valence-corrected chi connectivity index (χ0v) is 13.5. The third-order valence-corrected chi connectivity index (χ3v) is 5.45. The van der Waals surface area contributed by atoms with Crippen molar-refractivity contribution in [2.45, 2.75) is 76.4 Å². The first-order valence-corrected chi connectivity index (χ1v) is 8.55. The van der Waals surface area contributed by atoms with Crippen LogP contribution in [-0.4, -0.2) is 17.0 Å². The monoisotopic (exact) mass is 300 g/mol. The molecule has 0 unspecified atom stereocenters. The Morgan fingerprint density at radius 2 is 1.77 bits per heavy atom. The van der Waals surface area contributed by atoms with Crippen molar-refractivity contribution in [2.75, 3.05) is 0 Å². The molecule has 0 saturated heterocycles. The Morgan fingerprint density at radius 1 is 1.00 bits per heavy atom. The largest absolute Gasteiger partial charge is 0.487 e. The molecule has 1 fully saturated rings. The van der Waals surface area contributed by atoms with E-state index < -0.39 is 0 Å². The van der Waals surface area contributed by atoms with Crippen LogP contribution in [0.1, 0.15) is 74.7 Å². The Balaban J connectivity index is 1.76. The highest BCUT2D eigenvalue weighted by Gasteiger charge is 2.43. The van der Waals surface area contributed by atoms with Gasteiger partial charge in [-0.15, -0.1) is 0 Å². The lowest BCUT2D eigenvalue weighted by Crippen LogP contribution is -2.44. The first-order valence-electron chi connectivity index (χ1n) is 8.55. The molecule has 3 nitrogen and oxygen atoms in total. The molecule has 3 heteroatoms. The third kappa shape index (κ3) is 2.22. The van der Waals surface area contributed by atoms with E-state index in [0.29, 0.717) is 6.42 Å². The lowest BCUT2D eigenvalue weighted by molar-refractivity contribution is 0.0107. The number of carbonyl (C=O) groups excluding carboxylic acids is 1. The third-order valence-electron chi connectivity index (χ3n) is 5.45. The Kier molecular flexibility index (Phi) is 3.04. The molecule has 1 aliphatic carbocycles. The standard InChI is InChI=1S/C19H24O3/c1-18(2)11-8-14-16(21-18)7-6-13-15(20)12-19(22-17(13)14)9-4-3-5-10-19/h6-7H,3-5,8-12H2,1-2H3. The van der Waals surface area contributed by atoms with E-state index in [1.165, 1.54) is 19.3 Å². The van der Waals surface area contributed by atoms with Gasteiger partial charge in [-0.05, 0) is 64.5 Å². The molecule has 2 aliphatic heterocycles. The minimum Gasteiger partial charge on any atom is -0.487 e. The van der Waals surface area contributed by atoms with Crippen molar-refractivity contribution in [3.8, 4) is 11.5 Å². The number of benzene rings is 1. The van der Waals surface area contributed by atoms with Crippen molar-refractivity contribution < 1.29 is 14.3 Å². The summed E-state index contributed by atoms with van der Waals surface area (Å²) in [4.78, 5) is 12.7. The summed E-state index contributed by atoms with van der Waals surface area (Å²) in [5, 5.41) is 0. The van der Waals surface area contributed by atoms with Crippen LogP contribution >= 0.6 is 0 Å². The highest BCUT2D eigenvalue weighted by Crippen LogP contribution is 2.47. The minimum atomic E-state index is -0.246. The fraction of sp³-hybridized carbons (Fsp3) is 0.632. The number of hydrogen-bond acceptors (Lipinski definition) is 3. The Bertz CT molecular complexity index is 624. The number of rotatable bonds is 0. The van der Waals surface area contributed by atoms with Gasteiger partial charge in [-0.25, -0.2) is 0 Å². The van der Waals surface area contributed by atoms with Gasteiger partial charge in [0, 0.05) is 5.56 Å². The van der Waals surface area contributed by atoms with E-state index in [4.69, 9.17) is 9.47 Å². The SMILES string of the molecule is CC1(C)CCc2c(ccc3c2OC2(CCCCC2)CC3=O)O1. The van der Waals surface area contributed by atoms with Gasteiger partial charge in [0.2, 0.25) is 0 Å². The smallest absolute Gasteiger partial charge is 0.170 e. The normalized spacial score (nSPS) is 24.9. The lowest BCUT2D eigenvalue weighted by Gasteiger charge is -2.42. The summed E-state index contributed by atoms with van der Waals surface area (Å²) in [6.07, 6.45) is 8.04. The molecular weight excluding hydrogens is 276 g/mol. The summed E-state index contributed by atoms with van der Waals surface area (Å²) in [6.45, 7) is 4.23. The van der Waals surface area contributed by atoms with Gasteiger partial charge in [-0.3, -0.25) is 4.79 Å². The highest BCUT2D eigenvalue weighted by atomic mass is 16.5. The predicted molar refractivity (Wildman–Crippen MR) is 84.9 cm³/mol. The molecule has 2 heterocycles. The van der Waals surface area contributed by atoms with Crippen LogP contribution < -0.4 is 9.47 Å². The van der Waals surface area contributed by atoms with Crippen LogP contribution in [0.2, 0.25) is 0 Å². The fourth-order valence-electron chi connectivity index (χ4n) is 4.17. The van der Waals surface area contributed by atoms with E-state index in [1.807, 2.05) is 12.1 Å². The second-order valence-corrected chi connectivity index (χ2v) is 7.73. The van der Waals surface area contributed by atoms with Crippen molar-refractivity contribution >= 4 is 5.78 Å². The van der Waals surface area contributed by atoms with Crippen molar-refractivity contribution in [3.05, 3.63) is 23.3 Å². The maximum absolute atomic E-state index is 12.7. The van der Waals surface area contributed by atoms with E-state index >= 15 is 0 Å². The Hall–Kier alpha value is -1.51. The second kappa shape index (κ2) is 4.74. The van der Waals surface area contributed by atoms with Gasteiger partial charge in [0.25, 0.3) is 0 Å². The molecule has 3 aliphatic rings. The molecule has 0 aromatic heterocycles. The summed E-state index contributed by atoms with van der Waals surface area (Å²) in [5.41, 5.74) is 1.49. The van der Waals surface area contributed by atoms with Crippen LogP contribution in [0.4, 0.5) is 0 Å². The maximum atomic E-state index is 12.7. The average Bonchev–Trinajstić information content (AvgIpc) is 2.46. The molecule has 0 N–H and O–H groups in total. The molecule has 22 heavy (non-hydrogen) atoms. The molecular formula is C19H24O3. The molecule has 118 valence electrons. The van der Waals surface area contributed by atoms with Gasteiger partial charge in [0.1, 0.15) is 22.7 Å². The Labute approximate surface area is 132 Å². The lowest BCUT2D eigenvalue weighted by atomic mass is 9.77. The van der Waals surface area contributed by atoms with Crippen molar-refractivity contribution in [1.82, 2.24) is 0 Å². The molecule has 0 amide bonds. The van der Waals surface area contributed by atoms with Gasteiger partial charge in [-0.1, -0.05) is 6.42 Å². The quantitative estimate of drug-likeness (QED) is 0.709. The van der Waals surface area contributed by atoms with Gasteiger partial charge in [-0.2, -0.15) is 0 Å². The minimum absolute atomic E-state index is 0.136. The van der Waals surface area contributed by atoms with Crippen LogP contribution in [0.15, 0.2) is 12.1 Å². The number of Topliss-reactive ketones (excluding diaryl/α,β-unsaturated/α-hetero) is 1. The molecule has 0 atom stereocenters. The van der Waals surface area contributed by atoms with Crippen molar-refractivity contribution in [2.24, 2.45) is 0 Å². The van der Waals surface area contributed by atoms with Gasteiger partial charge >= 0.3 is 0 Å². The first-order chi connectivity index (χ1) is 10.5. The Morgan fingerprint density at radius 3 is 2.55 bits per heavy atom. The molecule has 1 spiro atoms. The second-order valence-electron chi connectivity index (χ2n) is 7.73. The number of carbonyl (C=O) groups is 1. The average molecular weight is 300 g/mol. The zero-order valence-electron chi connectivity index (χ0n) is 13.5. The topological polar surface area (TPSA) is 35.5 Å². The van der Waals surface area contributed by atoms with E-state index in [1.54, 1.807) is 0 Å². The first kappa shape index (κ1) is 14.1. The van der Waals surface area contributed by atoms with Crippen LogP contribution in [0.5, 0.6) is 11.5 Å². The maximum Gasteiger partial charge on any atom is 0.170 e. The van der Waals surface area contributed by atoms with Crippen molar-refractivity contribution in [3.63, 3.8) is 0 Å². The van der Waals surface area contributed by atoms with Crippen LogP contribution in [0.3, 0.4) is 0 Å². The fourth-order valence-corrected chi connectivity index (χ4v) is 4.17. The van der Waals surface area contributed by atoms with Gasteiger partial charge < -0.3 is 9.47 Å². The summed E-state index contributed by atoms with van der Waals surface area (Å²) in [6, 6.07) is 3.85. The van der Waals surface area contributed by atoms with E-state index in [0.717, 1.165) is 48.3 Å². The molecule has 0 radical (unpaired) electrons. The summed E-state index contributed by atoms with van der Waals surface area (Å²) in [5.74, 6) is 1.97. The van der Waals surface area contributed by atoms with E-state index in [9.17, 15) is 4.79 Å². The molecule has 1 aromatic carbocycles. The van der Waals surface area contributed by atoms with Gasteiger partial charge in [0.15, 0.2) is 5.78 Å².